The molecule has 136 valence electrons. The van der Waals surface area contributed by atoms with E-state index in [1.54, 1.807) is 12.1 Å². The minimum absolute atomic E-state index is 0. The maximum Gasteiger partial charge on any atom is 0.241 e. The van der Waals surface area contributed by atoms with E-state index in [4.69, 9.17) is 19.9 Å². The third kappa shape index (κ3) is 5.27. The van der Waals surface area contributed by atoms with Gasteiger partial charge in [0.25, 0.3) is 0 Å². The van der Waals surface area contributed by atoms with Gasteiger partial charge < -0.3 is 25.3 Å². The number of anilines is 1. The van der Waals surface area contributed by atoms with Crippen LogP contribution in [-0.2, 0) is 11.2 Å². The van der Waals surface area contributed by atoms with E-state index < -0.39 is 6.04 Å². The molecule has 0 spiro atoms. The molecule has 0 aliphatic carbocycles. The minimum atomic E-state index is -0.661. The van der Waals surface area contributed by atoms with Crippen LogP contribution in [0.3, 0.4) is 0 Å². The Morgan fingerprint density at radius 3 is 2.08 bits per heavy atom. The molecule has 0 bridgehead atoms. The molecule has 25 heavy (non-hydrogen) atoms. The molecule has 0 heterocycles. The molecule has 0 aromatic heterocycles. The van der Waals surface area contributed by atoms with E-state index in [9.17, 15) is 4.79 Å². The maximum atomic E-state index is 12.3. The summed E-state index contributed by atoms with van der Waals surface area (Å²) in [7, 11) is 4.56. The van der Waals surface area contributed by atoms with E-state index in [0.29, 0.717) is 29.4 Å². The van der Waals surface area contributed by atoms with E-state index >= 15 is 0 Å². The predicted molar refractivity (Wildman–Crippen MR) is 100 cm³/mol. The fraction of sp³-hybridized carbons (Fsp3) is 0.278. The molecule has 1 amide bonds. The number of halogens is 1. The second-order valence-electron chi connectivity index (χ2n) is 5.20. The Kier molecular flexibility index (Phi) is 8.04. The fourth-order valence-corrected chi connectivity index (χ4v) is 2.35. The molecular formula is C18H23ClN2O4. The summed E-state index contributed by atoms with van der Waals surface area (Å²) in [5, 5.41) is 2.78. The largest absolute Gasteiger partial charge is 0.493 e. The standard InChI is InChI=1S/C18H22N2O4.ClH/c1-22-15-10-13(11-16(23-2)17(15)24-3)20-18(21)14(19)9-12-7-5-4-6-8-12;/h4-8,10-11,14H,9,19H2,1-3H3,(H,20,21);1H. The Labute approximate surface area is 153 Å². The number of methoxy groups -OCH3 is 3. The molecule has 0 fully saturated rings. The molecule has 3 N–H and O–H groups in total. The summed E-state index contributed by atoms with van der Waals surface area (Å²) in [6, 6.07) is 12.3. The van der Waals surface area contributed by atoms with Crippen LogP contribution in [0.4, 0.5) is 5.69 Å². The van der Waals surface area contributed by atoms with Gasteiger partial charge in [0.15, 0.2) is 11.5 Å². The molecular weight excluding hydrogens is 344 g/mol. The predicted octanol–water partition coefficient (Wildman–Crippen LogP) is 2.64. The lowest BCUT2D eigenvalue weighted by Gasteiger charge is -2.16. The summed E-state index contributed by atoms with van der Waals surface area (Å²) >= 11 is 0. The Morgan fingerprint density at radius 1 is 1.04 bits per heavy atom. The second-order valence-corrected chi connectivity index (χ2v) is 5.20. The number of hydrogen-bond acceptors (Lipinski definition) is 5. The lowest BCUT2D eigenvalue weighted by Crippen LogP contribution is -2.37. The number of rotatable bonds is 7. The molecule has 2 aromatic carbocycles. The van der Waals surface area contributed by atoms with Crippen molar-refractivity contribution in [1.82, 2.24) is 0 Å². The van der Waals surface area contributed by atoms with Gasteiger partial charge in [0, 0.05) is 17.8 Å². The smallest absolute Gasteiger partial charge is 0.241 e. The first-order chi connectivity index (χ1) is 11.6. The van der Waals surface area contributed by atoms with Crippen LogP contribution in [0, 0.1) is 0 Å². The number of carbonyl (C=O) groups is 1. The van der Waals surface area contributed by atoms with Gasteiger partial charge in [-0.3, -0.25) is 4.79 Å². The van der Waals surface area contributed by atoms with E-state index in [1.807, 2.05) is 30.3 Å². The first-order valence-corrected chi connectivity index (χ1v) is 7.49. The highest BCUT2D eigenvalue weighted by Gasteiger charge is 2.18. The van der Waals surface area contributed by atoms with E-state index in [0.717, 1.165) is 5.56 Å². The van der Waals surface area contributed by atoms with Gasteiger partial charge >= 0.3 is 0 Å². The SMILES string of the molecule is COc1cc(NC(=O)C(N)Cc2ccccc2)cc(OC)c1OC.Cl. The zero-order chi connectivity index (χ0) is 17.5. The molecule has 2 aromatic rings. The number of ether oxygens (including phenoxy) is 3. The van der Waals surface area contributed by atoms with Crippen LogP contribution < -0.4 is 25.3 Å². The van der Waals surface area contributed by atoms with Crippen molar-refractivity contribution in [3.8, 4) is 17.2 Å². The highest BCUT2D eigenvalue weighted by molar-refractivity contribution is 5.95. The van der Waals surface area contributed by atoms with Crippen molar-refractivity contribution in [2.24, 2.45) is 5.73 Å². The quantitative estimate of drug-likeness (QED) is 0.787. The molecule has 1 atom stereocenters. The van der Waals surface area contributed by atoms with Gasteiger partial charge in [0.05, 0.1) is 27.4 Å². The molecule has 0 aliphatic heterocycles. The maximum absolute atomic E-state index is 12.3. The van der Waals surface area contributed by atoms with Gasteiger partial charge in [-0.25, -0.2) is 0 Å². The lowest BCUT2D eigenvalue weighted by atomic mass is 10.1. The number of nitrogens with one attached hydrogen (secondary N) is 1. The van der Waals surface area contributed by atoms with Crippen molar-refractivity contribution in [2.75, 3.05) is 26.6 Å². The van der Waals surface area contributed by atoms with Crippen LogP contribution in [0.15, 0.2) is 42.5 Å². The minimum Gasteiger partial charge on any atom is -0.493 e. The average Bonchev–Trinajstić information content (AvgIpc) is 2.61. The summed E-state index contributed by atoms with van der Waals surface area (Å²) in [4.78, 5) is 12.3. The van der Waals surface area contributed by atoms with E-state index in [2.05, 4.69) is 5.32 Å². The number of hydrogen-bond donors (Lipinski definition) is 2. The molecule has 0 saturated carbocycles. The van der Waals surface area contributed by atoms with Crippen LogP contribution >= 0.6 is 12.4 Å². The molecule has 1 unspecified atom stereocenters. The Hall–Kier alpha value is -2.44. The van der Waals surface area contributed by atoms with Crippen LogP contribution in [0.25, 0.3) is 0 Å². The van der Waals surface area contributed by atoms with Crippen molar-refractivity contribution < 1.29 is 19.0 Å². The molecule has 2 rings (SSSR count). The third-order valence-electron chi connectivity index (χ3n) is 3.57. The summed E-state index contributed by atoms with van der Waals surface area (Å²) in [6.45, 7) is 0. The topological polar surface area (TPSA) is 82.8 Å². The van der Waals surface area contributed by atoms with Gasteiger partial charge in [-0.05, 0) is 12.0 Å². The van der Waals surface area contributed by atoms with Crippen molar-refractivity contribution in [2.45, 2.75) is 12.5 Å². The Morgan fingerprint density at radius 2 is 1.60 bits per heavy atom. The van der Waals surface area contributed by atoms with Crippen molar-refractivity contribution >= 4 is 24.0 Å². The summed E-state index contributed by atoms with van der Waals surface area (Å²) in [5.41, 5.74) is 7.53. The third-order valence-corrected chi connectivity index (χ3v) is 3.57. The molecule has 7 heteroatoms. The van der Waals surface area contributed by atoms with Gasteiger partial charge in [0.2, 0.25) is 11.7 Å². The van der Waals surface area contributed by atoms with Crippen LogP contribution in [0.1, 0.15) is 5.56 Å². The van der Waals surface area contributed by atoms with Crippen molar-refractivity contribution in [3.05, 3.63) is 48.0 Å². The monoisotopic (exact) mass is 366 g/mol. The highest BCUT2D eigenvalue weighted by Crippen LogP contribution is 2.39. The first-order valence-electron chi connectivity index (χ1n) is 7.49. The van der Waals surface area contributed by atoms with Crippen molar-refractivity contribution in [1.29, 1.82) is 0 Å². The Bertz CT molecular complexity index is 670. The van der Waals surface area contributed by atoms with E-state index in [-0.39, 0.29) is 18.3 Å². The molecule has 0 saturated heterocycles. The number of benzene rings is 2. The summed E-state index contributed by atoms with van der Waals surface area (Å²) in [6.07, 6.45) is 0.455. The van der Waals surface area contributed by atoms with Gasteiger partial charge in [-0.15, -0.1) is 12.4 Å². The van der Waals surface area contributed by atoms with E-state index in [1.165, 1.54) is 21.3 Å². The zero-order valence-corrected chi connectivity index (χ0v) is 15.3. The average molecular weight is 367 g/mol. The highest BCUT2D eigenvalue weighted by atomic mass is 35.5. The molecule has 6 nitrogen and oxygen atoms in total. The second kappa shape index (κ2) is 9.76. The molecule has 0 aliphatic rings. The lowest BCUT2D eigenvalue weighted by molar-refractivity contribution is -0.117. The number of amides is 1. The zero-order valence-electron chi connectivity index (χ0n) is 14.4. The van der Waals surface area contributed by atoms with Gasteiger partial charge in [-0.2, -0.15) is 0 Å². The van der Waals surface area contributed by atoms with Crippen LogP contribution in [0.2, 0.25) is 0 Å². The summed E-state index contributed by atoms with van der Waals surface area (Å²) in [5.74, 6) is 1.10. The number of nitrogens with two attached hydrogens (primary N) is 1. The van der Waals surface area contributed by atoms with Gasteiger partial charge in [-0.1, -0.05) is 30.3 Å². The van der Waals surface area contributed by atoms with Crippen LogP contribution in [0.5, 0.6) is 17.2 Å². The van der Waals surface area contributed by atoms with Crippen molar-refractivity contribution in [3.63, 3.8) is 0 Å². The number of carbonyl (C=O) groups excluding carboxylic acids is 1. The Balaban J connectivity index is 0.00000312. The van der Waals surface area contributed by atoms with Gasteiger partial charge in [0.1, 0.15) is 0 Å². The fourth-order valence-electron chi connectivity index (χ4n) is 2.35. The first kappa shape index (κ1) is 20.6. The molecule has 0 radical (unpaired) electrons. The normalized spacial score (nSPS) is 11.0. The van der Waals surface area contributed by atoms with Crippen LogP contribution in [-0.4, -0.2) is 33.3 Å². The summed E-state index contributed by atoms with van der Waals surface area (Å²) < 4.78 is 15.8.